The maximum absolute atomic E-state index is 12.6. The van der Waals surface area contributed by atoms with Gasteiger partial charge in [0.25, 0.3) is 5.91 Å². The molecule has 3 aromatic rings. The third kappa shape index (κ3) is 5.23. The molecule has 2 aliphatic rings. The van der Waals surface area contributed by atoms with Gasteiger partial charge in [-0.15, -0.1) is 0 Å². The zero-order valence-electron chi connectivity index (χ0n) is 19.8. The minimum atomic E-state index is -1.23. The van der Waals surface area contributed by atoms with E-state index in [0.717, 1.165) is 50.4 Å². The molecule has 1 saturated heterocycles. The van der Waals surface area contributed by atoms with Crippen molar-refractivity contribution in [3.8, 4) is 0 Å². The Balaban J connectivity index is 1.19. The number of amides is 1. The molecule has 0 spiro atoms. The summed E-state index contributed by atoms with van der Waals surface area (Å²) >= 11 is 0. The largest absolute Gasteiger partial charge is 0.548 e. The van der Waals surface area contributed by atoms with E-state index in [-0.39, 0.29) is 12.5 Å². The maximum Gasteiger partial charge on any atom is 0.254 e. The Morgan fingerprint density at radius 3 is 2.09 bits per heavy atom. The summed E-state index contributed by atoms with van der Waals surface area (Å²) in [6, 6.07) is 27.4. The number of carbonyl (C=O) groups excluding carboxylic acids is 2. The monoisotopic (exact) mass is 468 g/mol. The molecule has 5 rings (SSSR count). The summed E-state index contributed by atoms with van der Waals surface area (Å²) in [4.78, 5) is 29.7. The summed E-state index contributed by atoms with van der Waals surface area (Å²) in [5.74, 6) is -1.08. The summed E-state index contributed by atoms with van der Waals surface area (Å²) in [7, 11) is 0. The molecule has 0 unspecified atom stereocenters. The Morgan fingerprint density at radius 2 is 1.49 bits per heavy atom. The molecule has 2 aliphatic heterocycles. The van der Waals surface area contributed by atoms with Crippen LogP contribution in [0.3, 0.4) is 0 Å². The first-order valence-electron chi connectivity index (χ1n) is 12.3. The van der Waals surface area contributed by atoms with E-state index in [9.17, 15) is 14.7 Å². The minimum Gasteiger partial charge on any atom is -0.548 e. The second-order valence-electron chi connectivity index (χ2n) is 9.37. The van der Waals surface area contributed by atoms with Gasteiger partial charge in [-0.1, -0.05) is 66.7 Å². The molecule has 2 heterocycles. The fraction of sp³-hybridized carbons (Fsp3) is 0.310. The smallest absolute Gasteiger partial charge is 0.254 e. The summed E-state index contributed by atoms with van der Waals surface area (Å²) in [5, 5.41) is 10.9. The summed E-state index contributed by atoms with van der Waals surface area (Å²) < 4.78 is 0. The van der Waals surface area contributed by atoms with Gasteiger partial charge >= 0.3 is 0 Å². The van der Waals surface area contributed by atoms with E-state index in [4.69, 9.17) is 0 Å². The number of aliphatic carboxylic acids is 1. The number of rotatable bonds is 8. The van der Waals surface area contributed by atoms with Crippen LogP contribution in [0.1, 0.15) is 39.4 Å². The highest BCUT2D eigenvalue weighted by Gasteiger charge is 2.28. The Kier molecular flexibility index (Phi) is 6.82. The van der Waals surface area contributed by atoms with Gasteiger partial charge in [0.2, 0.25) is 0 Å². The molecule has 1 amide bonds. The van der Waals surface area contributed by atoms with Crippen LogP contribution in [0.2, 0.25) is 0 Å². The van der Waals surface area contributed by atoms with E-state index >= 15 is 0 Å². The molecule has 0 aromatic heterocycles. The molecule has 0 bridgehead atoms. The fourth-order valence-corrected chi connectivity index (χ4v) is 5.27. The minimum absolute atomic E-state index is 0.224. The number of hydrogen-bond acceptors (Lipinski definition) is 5. The number of hydrogen-bond donors (Lipinski definition) is 0. The topological polar surface area (TPSA) is 66.9 Å². The second-order valence-corrected chi connectivity index (χ2v) is 9.37. The summed E-state index contributed by atoms with van der Waals surface area (Å²) in [5.41, 5.74) is 5.23. The van der Waals surface area contributed by atoms with Crippen molar-refractivity contribution in [3.05, 3.63) is 101 Å². The molecule has 0 aliphatic carbocycles. The molecular weight excluding hydrogens is 438 g/mol. The zero-order valence-corrected chi connectivity index (χ0v) is 19.8. The van der Waals surface area contributed by atoms with Crippen LogP contribution in [-0.4, -0.2) is 60.9 Å². The molecular formula is C29H30N3O3-. The van der Waals surface area contributed by atoms with Crippen molar-refractivity contribution in [1.82, 2.24) is 9.80 Å². The second kappa shape index (κ2) is 10.3. The third-order valence-corrected chi connectivity index (χ3v) is 7.17. The van der Waals surface area contributed by atoms with E-state index in [1.807, 2.05) is 18.2 Å². The van der Waals surface area contributed by atoms with Crippen molar-refractivity contribution in [3.63, 3.8) is 0 Å². The highest BCUT2D eigenvalue weighted by molar-refractivity contribution is 6.00. The first kappa shape index (κ1) is 23.1. The number of piperazine rings is 1. The van der Waals surface area contributed by atoms with Crippen molar-refractivity contribution in [2.75, 3.05) is 44.2 Å². The van der Waals surface area contributed by atoms with Crippen molar-refractivity contribution in [1.29, 1.82) is 0 Å². The van der Waals surface area contributed by atoms with Crippen LogP contribution in [0.25, 0.3) is 0 Å². The van der Waals surface area contributed by atoms with E-state index < -0.39 is 5.97 Å². The van der Waals surface area contributed by atoms with Gasteiger partial charge in [-0.3, -0.25) is 9.69 Å². The molecule has 0 radical (unpaired) electrons. The van der Waals surface area contributed by atoms with Crippen molar-refractivity contribution in [2.24, 2.45) is 0 Å². The van der Waals surface area contributed by atoms with Gasteiger partial charge in [0.15, 0.2) is 0 Å². The van der Waals surface area contributed by atoms with Gasteiger partial charge in [-0.05, 0) is 41.8 Å². The SMILES string of the molecule is O=C([O-])CN1Cc2ccc(N3CCN(CCC(c4ccccc4)c4ccccc4)CC3)cc2C1=O. The average molecular weight is 469 g/mol. The van der Waals surface area contributed by atoms with Crippen LogP contribution >= 0.6 is 0 Å². The first-order chi connectivity index (χ1) is 17.1. The average Bonchev–Trinajstić information content (AvgIpc) is 3.19. The number of benzene rings is 3. The van der Waals surface area contributed by atoms with Gasteiger partial charge < -0.3 is 19.7 Å². The normalized spacial score (nSPS) is 16.1. The molecule has 6 heteroatoms. The molecule has 0 N–H and O–H groups in total. The molecule has 180 valence electrons. The van der Waals surface area contributed by atoms with E-state index in [1.165, 1.54) is 16.0 Å². The first-order valence-corrected chi connectivity index (χ1v) is 12.3. The van der Waals surface area contributed by atoms with Gasteiger partial charge in [-0.2, -0.15) is 0 Å². The fourth-order valence-electron chi connectivity index (χ4n) is 5.27. The number of carboxylic acids is 1. The lowest BCUT2D eigenvalue weighted by atomic mass is 9.88. The van der Waals surface area contributed by atoms with E-state index in [0.29, 0.717) is 18.0 Å². The predicted octanol–water partition coefficient (Wildman–Crippen LogP) is 2.74. The number of nitrogens with zero attached hydrogens (tertiary/aromatic N) is 3. The molecule has 0 saturated carbocycles. The Bertz CT molecular complexity index is 1130. The standard InChI is InChI=1S/C29H31N3O3/c33-28(34)21-32-20-24-11-12-25(19-27(24)29(32)35)31-17-15-30(16-18-31)14-13-26(22-7-3-1-4-8-22)23-9-5-2-6-10-23/h1-12,19,26H,13-18,20-21H2,(H,33,34)/p-1. The van der Waals surface area contributed by atoms with Crippen LogP contribution in [0, 0.1) is 0 Å². The van der Waals surface area contributed by atoms with Crippen molar-refractivity contribution < 1.29 is 14.7 Å². The van der Waals surface area contributed by atoms with E-state index in [2.05, 4.69) is 70.5 Å². The molecule has 6 nitrogen and oxygen atoms in total. The quantitative estimate of drug-likeness (QED) is 0.509. The van der Waals surface area contributed by atoms with Crippen molar-refractivity contribution >= 4 is 17.6 Å². The Labute approximate surface area is 206 Å². The highest BCUT2D eigenvalue weighted by atomic mass is 16.4. The van der Waals surface area contributed by atoms with Crippen LogP contribution < -0.4 is 10.0 Å². The third-order valence-electron chi connectivity index (χ3n) is 7.17. The molecule has 35 heavy (non-hydrogen) atoms. The van der Waals surface area contributed by atoms with Crippen LogP contribution in [0.5, 0.6) is 0 Å². The predicted molar refractivity (Wildman–Crippen MR) is 134 cm³/mol. The van der Waals surface area contributed by atoms with E-state index in [1.54, 1.807) is 0 Å². The van der Waals surface area contributed by atoms with Crippen molar-refractivity contribution in [2.45, 2.75) is 18.9 Å². The van der Waals surface area contributed by atoms with Crippen LogP contribution in [0.15, 0.2) is 78.9 Å². The number of carbonyl (C=O) groups is 2. The Hall–Kier alpha value is -3.64. The number of carboxylic acid groups (broad SMARTS) is 1. The Morgan fingerprint density at radius 1 is 0.857 bits per heavy atom. The van der Waals surface area contributed by atoms with Gasteiger partial charge in [-0.25, -0.2) is 0 Å². The van der Waals surface area contributed by atoms with Crippen LogP contribution in [0.4, 0.5) is 5.69 Å². The zero-order chi connectivity index (χ0) is 24.2. The van der Waals surface area contributed by atoms with Crippen LogP contribution in [-0.2, 0) is 11.3 Å². The highest BCUT2D eigenvalue weighted by Crippen LogP contribution is 2.30. The lowest BCUT2D eigenvalue weighted by Gasteiger charge is -2.37. The van der Waals surface area contributed by atoms with Gasteiger partial charge in [0, 0.05) is 49.9 Å². The maximum atomic E-state index is 12.6. The molecule has 3 aromatic carbocycles. The van der Waals surface area contributed by atoms with Gasteiger partial charge in [0.1, 0.15) is 0 Å². The van der Waals surface area contributed by atoms with Gasteiger partial charge in [0.05, 0.1) is 12.5 Å². The molecule has 0 atom stereocenters. The molecule has 1 fully saturated rings. The number of anilines is 1. The summed E-state index contributed by atoms with van der Waals surface area (Å²) in [6.07, 6.45) is 1.07. The summed E-state index contributed by atoms with van der Waals surface area (Å²) in [6.45, 7) is 4.74. The number of fused-ring (bicyclic) bond motifs is 1. The lowest BCUT2D eigenvalue weighted by Crippen LogP contribution is -2.46. The lowest BCUT2D eigenvalue weighted by molar-refractivity contribution is -0.305.